The van der Waals surface area contributed by atoms with E-state index >= 15 is 0 Å². The second kappa shape index (κ2) is 8.45. The van der Waals surface area contributed by atoms with Crippen molar-refractivity contribution in [2.45, 2.75) is 0 Å². The first-order valence-corrected chi connectivity index (χ1v) is 9.77. The molecule has 3 aromatic carbocycles. The Balaban J connectivity index is 1.89. The third kappa shape index (κ3) is 3.80. The maximum atomic E-state index is 12.6. The fourth-order valence-corrected chi connectivity index (χ4v) is 3.59. The SMILES string of the molecule is COc1ccc(OC)c(N=Cc2c(O)n(-c3cccc4ccccc34)c(=S)[nH]c2=O)c1. The van der Waals surface area contributed by atoms with E-state index in [0.29, 0.717) is 22.9 Å². The number of aliphatic imine (C=N–C) groups is 1. The minimum Gasteiger partial charge on any atom is -0.497 e. The van der Waals surface area contributed by atoms with Gasteiger partial charge < -0.3 is 14.6 Å². The van der Waals surface area contributed by atoms with Gasteiger partial charge >= 0.3 is 0 Å². The number of H-pyrrole nitrogens is 1. The lowest BCUT2D eigenvalue weighted by atomic mass is 10.1. The van der Waals surface area contributed by atoms with Gasteiger partial charge in [-0.25, -0.2) is 0 Å². The van der Waals surface area contributed by atoms with E-state index in [0.717, 1.165) is 10.8 Å². The molecule has 0 radical (unpaired) electrons. The molecule has 8 heteroatoms. The Hall–Kier alpha value is -3.91. The number of rotatable bonds is 5. The van der Waals surface area contributed by atoms with Crippen LogP contribution in [0, 0.1) is 4.77 Å². The average Bonchev–Trinajstić information content (AvgIpc) is 2.78. The number of aromatic nitrogens is 2. The minimum atomic E-state index is -0.551. The molecule has 4 aromatic rings. The summed E-state index contributed by atoms with van der Waals surface area (Å²) in [5.41, 5.74) is 0.501. The number of benzene rings is 3. The van der Waals surface area contributed by atoms with Crippen molar-refractivity contribution in [3.05, 3.63) is 81.4 Å². The van der Waals surface area contributed by atoms with Gasteiger partial charge in [0.05, 0.1) is 19.9 Å². The molecule has 0 unspecified atom stereocenters. The normalized spacial score (nSPS) is 11.2. The molecule has 7 nitrogen and oxygen atoms in total. The molecule has 0 amide bonds. The Morgan fingerprint density at radius 3 is 2.61 bits per heavy atom. The highest BCUT2D eigenvalue weighted by atomic mass is 32.1. The fraction of sp³-hybridized carbons (Fsp3) is 0.0870. The van der Waals surface area contributed by atoms with Crippen molar-refractivity contribution in [2.24, 2.45) is 4.99 Å². The number of aromatic hydroxyl groups is 1. The number of methoxy groups -OCH3 is 2. The summed E-state index contributed by atoms with van der Waals surface area (Å²) >= 11 is 5.35. The number of nitrogens with one attached hydrogen (secondary N) is 1. The second-order valence-corrected chi connectivity index (χ2v) is 7.01. The molecule has 0 spiro atoms. The van der Waals surface area contributed by atoms with E-state index in [1.165, 1.54) is 17.9 Å². The number of aromatic amines is 1. The largest absolute Gasteiger partial charge is 0.497 e. The monoisotopic (exact) mass is 433 g/mol. The van der Waals surface area contributed by atoms with Crippen LogP contribution in [-0.2, 0) is 0 Å². The summed E-state index contributed by atoms with van der Waals surface area (Å²) in [5.74, 6) is 0.767. The molecule has 0 atom stereocenters. The zero-order valence-corrected chi connectivity index (χ0v) is 17.6. The maximum Gasteiger partial charge on any atom is 0.264 e. The summed E-state index contributed by atoms with van der Waals surface area (Å²) in [4.78, 5) is 19.5. The van der Waals surface area contributed by atoms with Crippen molar-refractivity contribution in [2.75, 3.05) is 14.2 Å². The van der Waals surface area contributed by atoms with E-state index in [2.05, 4.69) is 9.98 Å². The van der Waals surface area contributed by atoms with Crippen LogP contribution in [0.15, 0.2) is 70.5 Å². The first kappa shape index (κ1) is 20.4. The van der Waals surface area contributed by atoms with Crippen molar-refractivity contribution in [1.82, 2.24) is 9.55 Å². The molecule has 2 N–H and O–H groups in total. The first-order chi connectivity index (χ1) is 15.0. The van der Waals surface area contributed by atoms with Gasteiger partial charge in [-0.3, -0.25) is 19.3 Å². The topological polar surface area (TPSA) is 88.8 Å². The Labute approximate surface area is 182 Å². The lowest BCUT2D eigenvalue weighted by Crippen LogP contribution is -2.18. The van der Waals surface area contributed by atoms with E-state index in [9.17, 15) is 9.90 Å². The van der Waals surface area contributed by atoms with Gasteiger partial charge in [-0.05, 0) is 35.8 Å². The molecule has 0 aliphatic carbocycles. The second-order valence-electron chi connectivity index (χ2n) is 6.63. The lowest BCUT2D eigenvalue weighted by Gasteiger charge is -2.13. The smallest absolute Gasteiger partial charge is 0.264 e. The van der Waals surface area contributed by atoms with Crippen LogP contribution < -0.4 is 15.0 Å². The molecule has 0 saturated heterocycles. The van der Waals surface area contributed by atoms with Crippen molar-refractivity contribution in [1.29, 1.82) is 0 Å². The number of hydrogen-bond acceptors (Lipinski definition) is 6. The zero-order chi connectivity index (χ0) is 22.0. The highest BCUT2D eigenvalue weighted by Crippen LogP contribution is 2.32. The summed E-state index contributed by atoms with van der Waals surface area (Å²) in [6.07, 6.45) is 1.28. The van der Waals surface area contributed by atoms with Crippen LogP contribution >= 0.6 is 12.2 Å². The van der Waals surface area contributed by atoms with Crippen LogP contribution in [0.4, 0.5) is 5.69 Å². The molecule has 31 heavy (non-hydrogen) atoms. The van der Waals surface area contributed by atoms with Crippen LogP contribution in [0.2, 0.25) is 0 Å². The van der Waals surface area contributed by atoms with Crippen molar-refractivity contribution in [3.8, 4) is 23.1 Å². The van der Waals surface area contributed by atoms with Gasteiger partial charge in [0.1, 0.15) is 22.7 Å². The van der Waals surface area contributed by atoms with Crippen LogP contribution in [0.25, 0.3) is 16.5 Å². The lowest BCUT2D eigenvalue weighted by molar-refractivity contribution is 0.404. The van der Waals surface area contributed by atoms with Crippen molar-refractivity contribution >= 4 is 34.9 Å². The predicted molar refractivity (Wildman–Crippen MR) is 123 cm³/mol. The Morgan fingerprint density at radius 1 is 1.06 bits per heavy atom. The minimum absolute atomic E-state index is 0.0357. The summed E-state index contributed by atoms with van der Waals surface area (Å²) < 4.78 is 12.0. The van der Waals surface area contributed by atoms with Crippen LogP contribution in [0.1, 0.15) is 5.56 Å². The number of hydrogen-bond donors (Lipinski definition) is 2. The quantitative estimate of drug-likeness (QED) is 0.357. The Morgan fingerprint density at radius 2 is 1.84 bits per heavy atom. The highest BCUT2D eigenvalue weighted by molar-refractivity contribution is 7.71. The third-order valence-corrected chi connectivity index (χ3v) is 5.13. The predicted octanol–water partition coefficient (Wildman–Crippen LogP) is 4.52. The number of nitrogens with zero attached hydrogens (tertiary/aromatic N) is 2. The molecule has 4 rings (SSSR count). The van der Waals surface area contributed by atoms with Crippen molar-refractivity contribution < 1.29 is 14.6 Å². The maximum absolute atomic E-state index is 12.6. The summed E-state index contributed by atoms with van der Waals surface area (Å²) in [6.45, 7) is 0. The summed E-state index contributed by atoms with van der Waals surface area (Å²) in [7, 11) is 3.06. The molecule has 0 bridgehead atoms. The van der Waals surface area contributed by atoms with Crippen LogP contribution in [-0.4, -0.2) is 35.1 Å². The van der Waals surface area contributed by atoms with E-state index in [1.807, 2.05) is 42.5 Å². The standard InChI is InChI=1S/C23H19N3O4S/c1-29-15-10-11-20(30-2)18(12-15)24-13-17-21(27)25-23(31)26(22(17)28)19-9-5-7-14-6-3-4-8-16(14)19/h3-13,28H,1-2H3,(H,25,27,31). The molecule has 1 heterocycles. The van der Waals surface area contributed by atoms with E-state index in [-0.39, 0.29) is 16.2 Å². The molecular weight excluding hydrogens is 414 g/mol. The van der Waals surface area contributed by atoms with Gasteiger partial charge in [-0.1, -0.05) is 36.4 Å². The molecular formula is C23H19N3O4S. The van der Waals surface area contributed by atoms with E-state index < -0.39 is 5.56 Å². The van der Waals surface area contributed by atoms with Crippen molar-refractivity contribution in [3.63, 3.8) is 0 Å². The van der Waals surface area contributed by atoms with Gasteiger partial charge in [-0.15, -0.1) is 0 Å². The first-order valence-electron chi connectivity index (χ1n) is 9.36. The van der Waals surface area contributed by atoms with E-state index in [1.54, 1.807) is 25.3 Å². The van der Waals surface area contributed by atoms with Gasteiger partial charge in [0.25, 0.3) is 5.56 Å². The molecule has 0 aliphatic heterocycles. The fourth-order valence-electron chi connectivity index (χ4n) is 3.31. The molecule has 0 saturated carbocycles. The molecule has 0 fully saturated rings. The molecule has 0 aliphatic rings. The average molecular weight is 433 g/mol. The van der Waals surface area contributed by atoms with Gasteiger partial charge in [0, 0.05) is 17.7 Å². The third-order valence-electron chi connectivity index (χ3n) is 4.85. The zero-order valence-electron chi connectivity index (χ0n) is 16.8. The Kier molecular flexibility index (Phi) is 5.55. The summed E-state index contributed by atoms with van der Waals surface area (Å²) in [6, 6.07) is 18.5. The number of ether oxygens (including phenoxy) is 2. The molecule has 1 aromatic heterocycles. The summed E-state index contributed by atoms with van der Waals surface area (Å²) in [5, 5.41) is 12.8. The Bertz CT molecular complexity index is 1420. The van der Waals surface area contributed by atoms with Crippen LogP contribution in [0.3, 0.4) is 0 Å². The highest BCUT2D eigenvalue weighted by Gasteiger charge is 2.15. The van der Waals surface area contributed by atoms with Gasteiger partial charge in [0.15, 0.2) is 4.77 Å². The van der Waals surface area contributed by atoms with Crippen LogP contribution in [0.5, 0.6) is 17.4 Å². The van der Waals surface area contributed by atoms with E-state index in [4.69, 9.17) is 21.7 Å². The molecule has 156 valence electrons. The van der Waals surface area contributed by atoms with Gasteiger partial charge in [0.2, 0.25) is 5.88 Å². The number of fused-ring (bicyclic) bond motifs is 1. The van der Waals surface area contributed by atoms with Gasteiger partial charge in [-0.2, -0.15) is 0 Å².